The second kappa shape index (κ2) is 8.98. The Hall–Kier alpha value is -4.00. The van der Waals surface area contributed by atoms with Crippen molar-refractivity contribution in [2.24, 2.45) is 0 Å². The van der Waals surface area contributed by atoms with Crippen LogP contribution >= 0.6 is 22.9 Å². The third kappa shape index (κ3) is 3.77. The number of thiophene rings is 1. The van der Waals surface area contributed by atoms with Gasteiger partial charge in [-0.05, 0) is 18.2 Å². The molecule has 0 aliphatic rings. The Morgan fingerprint density at radius 3 is 2.77 bits per heavy atom. The minimum absolute atomic E-state index is 0.00275. The summed E-state index contributed by atoms with van der Waals surface area (Å²) in [6.45, 7) is 0.0843. The molecule has 174 valence electrons. The number of hydrogen-bond donors (Lipinski definition) is 0. The number of hydrogen-bond acceptors (Lipinski definition) is 6. The lowest BCUT2D eigenvalue weighted by Crippen LogP contribution is -2.38. The zero-order chi connectivity index (χ0) is 24.7. The van der Waals surface area contributed by atoms with Gasteiger partial charge in [0.1, 0.15) is 4.70 Å². The minimum Gasteiger partial charge on any atom is -0.494 e. The van der Waals surface area contributed by atoms with Crippen molar-refractivity contribution in [2.45, 2.75) is 13.0 Å². The number of benzene rings is 2. The van der Waals surface area contributed by atoms with Crippen LogP contribution < -0.4 is 16.0 Å². The number of halogens is 2. The largest absolute Gasteiger partial charge is 0.494 e. The van der Waals surface area contributed by atoms with Gasteiger partial charge in [0.2, 0.25) is 0 Å². The van der Waals surface area contributed by atoms with Crippen molar-refractivity contribution >= 4 is 43.9 Å². The van der Waals surface area contributed by atoms with Gasteiger partial charge in [-0.1, -0.05) is 35.9 Å². The Morgan fingerprint density at radius 1 is 1.20 bits per heavy atom. The first-order valence-electron chi connectivity index (χ1n) is 10.5. The SMILES string of the molecule is COc1cc(-c2cc3c(s2)c(=O)n(-c2cncc4ccccc24)c(=O)n3CCC#N)c(Cl)cc1F. The standard InChI is InChI=1S/C25H16ClFN4O3S/c1-34-21-9-16(17(26)10-18(21)27)22-11-19-23(35-22)24(32)31(25(33)30(19)8-4-7-28)20-13-29-12-14-5-2-3-6-15(14)20/h2-3,5-6,9-13H,4,8H2,1H3. The van der Waals surface area contributed by atoms with Gasteiger partial charge in [-0.2, -0.15) is 5.26 Å². The van der Waals surface area contributed by atoms with Crippen molar-refractivity contribution in [1.29, 1.82) is 5.26 Å². The Bertz CT molecular complexity index is 1780. The summed E-state index contributed by atoms with van der Waals surface area (Å²) in [7, 11) is 1.34. The molecule has 0 amide bonds. The van der Waals surface area contributed by atoms with E-state index in [9.17, 15) is 14.0 Å². The van der Waals surface area contributed by atoms with E-state index in [1.54, 1.807) is 12.3 Å². The molecule has 7 nitrogen and oxygen atoms in total. The normalized spacial score (nSPS) is 11.1. The van der Waals surface area contributed by atoms with Gasteiger partial charge >= 0.3 is 5.69 Å². The van der Waals surface area contributed by atoms with Crippen molar-refractivity contribution in [3.05, 3.63) is 86.5 Å². The fourth-order valence-corrected chi connectivity index (χ4v) is 5.45. The number of aromatic nitrogens is 3. The van der Waals surface area contributed by atoms with E-state index in [0.29, 0.717) is 31.7 Å². The molecular formula is C25H16ClFN4O3S. The summed E-state index contributed by atoms with van der Waals surface area (Å²) in [5.74, 6) is -0.609. The highest BCUT2D eigenvalue weighted by molar-refractivity contribution is 7.22. The summed E-state index contributed by atoms with van der Waals surface area (Å²) < 4.78 is 22.0. The summed E-state index contributed by atoms with van der Waals surface area (Å²) in [4.78, 5) is 32.1. The van der Waals surface area contributed by atoms with Gasteiger partial charge in [0, 0.05) is 34.0 Å². The summed E-state index contributed by atoms with van der Waals surface area (Å²) in [6.07, 6.45) is 3.20. The fraction of sp³-hybridized carbons (Fsp3) is 0.120. The Kier molecular flexibility index (Phi) is 5.84. The van der Waals surface area contributed by atoms with E-state index >= 15 is 0 Å². The van der Waals surface area contributed by atoms with E-state index in [1.165, 1.54) is 23.9 Å². The molecule has 0 saturated carbocycles. The molecule has 0 atom stereocenters. The number of aryl methyl sites for hydroxylation is 1. The number of rotatable bonds is 5. The van der Waals surface area contributed by atoms with Crippen LogP contribution in [0.3, 0.4) is 0 Å². The lowest BCUT2D eigenvalue weighted by Gasteiger charge is -2.12. The number of methoxy groups -OCH3 is 1. The van der Waals surface area contributed by atoms with Gasteiger partial charge in [-0.3, -0.25) is 14.3 Å². The molecule has 2 aromatic carbocycles. The predicted molar refractivity (Wildman–Crippen MR) is 134 cm³/mol. The maximum Gasteiger partial charge on any atom is 0.336 e. The highest BCUT2D eigenvalue weighted by atomic mass is 35.5. The molecule has 0 N–H and O–H groups in total. The highest BCUT2D eigenvalue weighted by Gasteiger charge is 2.21. The van der Waals surface area contributed by atoms with Crippen LogP contribution in [0.5, 0.6) is 5.75 Å². The molecule has 0 aliphatic heterocycles. The maximum absolute atomic E-state index is 14.1. The molecule has 0 radical (unpaired) electrons. The molecule has 0 unspecified atom stereocenters. The predicted octanol–water partition coefficient (Wildman–Crippen LogP) is 5.14. The first-order valence-corrected chi connectivity index (χ1v) is 11.7. The Labute approximate surface area is 206 Å². The number of nitriles is 1. The van der Waals surface area contributed by atoms with Crippen molar-refractivity contribution < 1.29 is 9.13 Å². The second-order valence-electron chi connectivity index (χ2n) is 7.65. The van der Waals surface area contributed by atoms with Gasteiger partial charge in [-0.15, -0.1) is 11.3 Å². The number of ether oxygens (including phenoxy) is 1. The number of pyridine rings is 1. The molecule has 0 bridgehead atoms. The Morgan fingerprint density at radius 2 is 2.00 bits per heavy atom. The van der Waals surface area contributed by atoms with E-state index in [-0.39, 0.29) is 23.7 Å². The summed E-state index contributed by atoms with van der Waals surface area (Å²) in [5.41, 5.74) is 0.0882. The van der Waals surface area contributed by atoms with Crippen molar-refractivity contribution in [3.63, 3.8) is 0 Å². The zero-order valence-electron chi connectivity index (χ0n) is 18.3. The first kappa shape index (κ1) is 22.8. The van der Waals surface area contributed by atoms with Gasteiger partial charge in [0.15, 0.2) is 11.6 Å². The average molecular weight is 507 g/mol. The quantitative estimate of drug-likeness (QED) is 0.329. The monoisotopic (exact) mass is 506 g/mol. The molecule has 0 spiro atoms. The number of nitrogens with zero attached hydrogens (tertiary/aromatic N) is 4. The van der Waals surface area contributed by atoms with Crippen LogP contribution in [-0.2, 0) is 6.54 Å². The molecule has 3 heterocycles. The lowest BCUT2D eigenvalue weighted by atomic mass is 10.1. The van der Waals surface area contributed by atoms with Gasteiger partial charge in [-0.25, -0.2) is 13.8 Å². The van der Waals surface area contributed by atoms with Crippen molar-refractivity contribution in [1.82, 2.24) is 14.1 Å². The van der Waals surface area contributed by atoms with E-state index < -0.39 is 17.1 Å². The molecule has 5 aromatic rings. The average Bonchev–Trinajstić information content (AvgIpc) is 3.29. The first-order chi connectivity index (χ1) is 16.9. The minimum atomic E-state index is -0.612. The van der Waals surface area contributed by atoms with Crippen molar-refractivity contribution in [2.75, 3.05) is 7.11 Å². The van der Waals surface area contributed by atoms with Crippen molar-refractivity contribution in [3.8, 4) is 27.9 Å². The third-order valence-corrected chi connectivity index (χ3v) is 7.12. The topological polar surface area (TPSA) is 89.9 Å². The van der Waals surface area contributed by atoms with Crippen LogP contribution in [0.25, 0.3) is 37.1 Å². The van der Waals surface area contributed by atoms with E-state index in [2.05, 4.69) is 4.98 Å². The lowest BCUT2D eigenvalue weighted by molar-refractivity contribution is 0.387. The zero-order valence-corrected chi connectivity index (χ0v) is 19.9. The van der Waals surface area contributed by atoms with E-state index in [1.807, 2.05) is 30.3 Å². The molecule has 0 aliphatic carbocycles. The summed E-state index contributed by atoms with van der Waals surface area (Å²) >= 11 is 7.44. The molecule has 35 heavy (non-hydrogen) atoms. The molecular weight excluding hydrogens is 491 g/mol. The summed E-state index contributed by atoms with van der Waals surface area (Å²) in [5, 5.41) is 10.8. The highest BCUT2D eigenvalue weighted by Crippen LogP contribution is 2.39. The fourth-order valence-electron chi connectivity index (χ4n) is 4.02. The van der Waals surface area contributed by atoms with Crippen LogP contribution in [0.1, 0.15) is 6.42 Å². The molecule has 0 saturated heterocycles. The van der Waals surface area contributed by atoms with Crippen LogP contribution in [0, 0.1) is 17.1 Å². The smallest absolute Gasteiger partial charge is 0.336 e. The molecule has 3 aromatic heterocycles. The van der Waals surface area contributed by atoms with Gasteiger partial charge < -0.3 is 4.74 Å². The van der Waals surface area contributed by atoms with Gasteiger partial charge in [0.05, 0.1) is 42.0 Å². The second-order valence-corrected chi connectivity index (χ2v) is 9.11. The number of fused-ring (bicyclic) bond motifs is 2. The van der Waals surface area contributed by atoms with E-state index in [4.69, 9.17) is 21.6 Å². The van der Waals surface area contributed by atoms with Crippen LogP contribution in [0.4, 0.5) is 4.39 Å². The van der Waals surface area contributed by atoms with Crippen LogP contribution in [0.2, 0.25) is 5.02 Å². The van der Waals surface area contributed by atoms with E-state index in [0.717, 1.165) is 27.4 Å². The molecule has 10 heteroatoms. The Balaban J connectivity index is 1.85. The molecule has 0 fully saturated rings. The van der Waals surface area contributed by atoms with Gasteiger partial charge in [0.25, 0.3) is 5.56 Å². The van der Waals surface area contributed by atoms with Crippen LogP contribution in [0.15, 0.2) is 64.4 Å². The summed E-state index contributed by atoms with van der Waals surface area (Å²) in [6, 6.07) is 13.6. The molecule has 5 rings (SSSR count). The maximum atomic E-state index is 14.1. The van der Waals surface area contributed by atoms with Crippen LogP contribution in [-0.4, -0.2) is 21.2 Å². The third-order valence-electron chi connectivity index (χ3n) is 5.67.